The van der Waals surface area contributed by atoms with E-state index in [1.54, 1.807) is 13.8 Å². The van der Waals surface area contributed by atoms with Crippen molar-refractivity contribution in [3.63, 3.8) is 0 Å². The number of esters is 1. The number of Topliss-reactive ketones (excluding diaryl/α,β-unsaturated/α-hetero) is 1. The van der Waals surface area contributed by atoms with Gasteiger partial charge in [0.1, 0.15) is 0 Å². The second-order valence-electron chi connectivity index (χ2n) is 5.56. The van der Waals surface area contributed by atoms with E-state index in [1.165, 1.54) is 7.11 Å². The lowest BCUT2D eigenvalue weighted by Crippen LogP contribution is -2.57. The molecule has 0 bridgehead atoms. The number of ether oxygens (including phenoxy) is 2. The van der Waals surface area contributed by atoms with E-state index in [0.29, 0.717) is 12.1 Å². The third kappa shape index (κ3) is 2.76. The quantitative estimate of drug-likeness (QED) is 0.525. The standard InChI is InChI=1S/C17H21NO4/c1-11-12(2)22-14(10-18-13-8-6-5-7-9-13)17(3,15(11)19)16(20)21-4/h5-9,12,14,18H,1,10H2,2-4H3/t12-,14+,17+/m0/s1. The summed E-state index contributed by atoms with van der Waals surface area (Å²) < 4.78 is 10.7. The zero-order chi connectivity index (χ0) is 16.3. The first kappa shape index (κ1) is 16.2. The first-order chi connectivity index (χ1) is 10.4. The number of carbonyl (C=O) groups excluding carboxylic acids is 2. The second-order valence-corrected chi connectivity index (χ2v) is 5.56. The Morgan fingerprint density at radius 3 is 2.64 bits per heavy atom. The monoisotopic (exact) mass is 303 g/mol. The van der Waals surface area contributed by atoms with Gasteiger partial charge < -0.3 is 14.8 Å². The maximum Gasteiger partial charge on any atom is 0.322 e. The molecule has 0 amide bonds. The summed E-state index contributed by atoms with van der Waals surface area (Å²) in [5.41, 5.74) is -0.202. The Bertz CT molecular complexity index is 584. The minimum absolute atomic E-state index is 0.295. The number of benzene rings is 1. The van der Waals surface area contributed by atoms with E-state index in [9.17, 15) is 9.59 Å². The molecule has 0 aromatic heterocycles. The molecular weight excluding hydrogens is 282 g/mol. The zero-order valence-corrected chi connectivity index (χ0v) is 13.1. The van der Waals surface area contributed by atoms with Gasteiger partial charge in [0.25, 0.3) is 0 Å². The van der Waals surface area contributed by atoms with Crippen LogP contribution in [0, 0.1) is 5.41 Å². The highest BCUT2D eigenvalue weighted by Crippen LogP contribution is 2.37. The Hall–Kier alpha value is -2.14. The van der Waals surface area contributed by atoms with E-state index in [0.717, 1.165) is 5.69 Å². The van der Waals surface area contributed by atoms with Crippen LogP contribution in [0.5, 0.6) is 0 Å². The highest BCUT2D eigenvalue weighted by atomic mass is 16.5. The van der Waals surface area contributed by atoms with E-state index in [4.69, 9.17) is 9.47 Å². The molecule has 1 heterocycles. The largest absolute Gasteiger partial charge is 0.468 e. The van der Waals surface area contributed by atoms with Crippen molar-refractivity contribution in [3.05, 3.63) is 42.5 Å². The number of para-hydroxylation sites is 1. The van der Waals surface area contributed by atoms with Crippen LogP contribution in [0.2, 0.25) is 0 Å². The Labute approximate surface area is 130 Å². The molecule has 0 spiro atoms. The molecule has 0 aliphatic carbocycles. The molecule has 1 N–H and O–H groups in total. The Kier molecular flexibility index (Phi) is 4.66. The maximum atomic E-state index is 12.6. The minimum atomic E-state index is -1.39. The van der Waals surface area contributed by atoms with Gasteiger partial charge in [-0.05, 0) is 26.0 Å². The van der Waals surface area contributed by atoms with Crippen LogP contribution >= 0.6 is 0 Å². The van der Waals surface area contributed by atoms with Crippen LogP contribution < -0.4 is 5.32 Å². The van der Waals surface area contributed by atoms with Crippen molar-refractivity contribution in [2.24, 2.45) is 5.41 Å². The number of methoxy groups -OCH3 is 1. The first-order valence-electron chi connectivity index (χ1n) is 7.17. The predicted molar refractivity (Wildman–Crippen MR) is 83.5 cm³/mol. The topological polar surface area (TPSA) is 64.6 Å². The number of ketones is 1. The van der Waals surface area contributed by atoms with Crippen LogP contribution in [0.3, 0.4) is 0 Å². The molecule has 3 atom stereocenters. The maximum absolute atomic E-state index is 12.6. The number of carbonyl (C=O) groups is 2. The van der Waals surface area contributed by atoms with Crippen molar-refractivity contribution in [3.8, 4) is 0 Å². The van der Waals surface area contributed by atoms with Crippen molar-refractivity contribution in [2.75, 3.05) is 19.0 Å². The lowest BCUT2D eigenvalue weighted by molar-refractivity contribution is -0.173. The molecule has 1 aromatic carbocycles. The SMILES string of the molecule is C=C1C(=O)[C@](C)(C(=O)OC)[C@@H](CNc2ccccc2)O[C@H]1C. The zero-order valence-electron chi connectivity index (χ0n) is 13.1. The van der Waals surface area contributed by atoms with Crippen LogP contribution in [0.4, 0.5) is 5.69 Å². The van der Waals surface area contributed by atoms with Crippen LogP contribution in [0.1, 0.15) is 13.8 Å². The molecule has 1 fully saturated rings. The lowest BCUT2D eigenvalue weighted by Gasteiger charge is -2.41. The summed E-state index contributed by atoms with van der Waals surface area (Å²) in [5.74, 6) is -0.927. The van der Waals surface area contributed by atoms with Crippen molar-refractivity contribution >= 4 is 17.4 Å². The van der Waals surface area contributed by atoms with E-state index in [-0.39, 0.29) is 5.78 Å². The minimum Gasteiger partial charge on any atom is -0.468 e. The molecule has 2 rings (SSSR count). The summed E-state index contributed by atoms with van der Waals surface area (Å²) in [6, 6.07) is 9.53. The molecule has 1 aliphatic rings. The number of hydrogen-bond acceptors (Lipinski definition) is 5. The number of hydrogen-bond donors (Lipinski definition) is 1. The van der Waals surface area contributed by atoms with Crippen LogP contribution in [0.15, 0.2) is 42.5 Å². The van der Waals surface area contributed by atoms with E-state index in [1.807, 2.05) is 30.3 Å². The van der Waals surface area contributed by atoms with Gasteiger partial charge in [0.2, 0.25) is 0 Å². The molecule has 0 radical (unpaired) electrons. The fourth-order valence-corrected chi connectivity index (χ4v) is 2.58. The Morgan fingerprint density at radius 2 is 2.05 bits per heavy atom. The fourth-order valence-electron chi connectivity index (χ4n) is 2.58. The molecule has 5 nitrogen and oxygen atoms in total. The van der Waals surface area contributed by atoms with Crippen molar-refractivity contribution in [1.29, 1.82) is 0 Å². The van der Waals surface area contributed by atoms with Gasteiger partial charge in [0, 0.05) is 17.8 Å². The normalized spacial score (nSPS) is 28.3. The molecule has 5 heteroatoms. The smallest absolute Gasteiger partial charge is 0.322 e. The van der Waals surface area contributed by atoms with E-state index >= 15 is 0 Å². The van der Waals surface area contributed by atoms with Gasteiger partial charge in [-0.25, -0.2) is 0 Å². The van der Waals surface area contributed by atoms with Gasteiger partial charge in [-0.2, -0.15) is 0 Å². The Morgan fingerprint density at radius 1 is 1.41 bits per heavy atom. The van der Waals surface area contributed by atoms with Crippen LogP contribution in [0.25, 0.3) is 0 Å². The summed E-state index contributed by atoms with van der Waals surface area (Å²) in [4.78, 5) is 24.8. The van der Waals surface area contributed by atoms with E-state index in [2.05, 4.69) is 11.9 Å². The number of rotatable bonds is 4. The summed E-state index contributed by atoms with van der Waals surface area (Å²) in [5, 5.41) is 3.19. The average Bonchev–Trinajstić information content (AvgIpc) is 2.55. The highest BCUT2D eigenvalue weighted by molar-refractivity contribution is 6.13. The molecule has 118 valence electrons. The number of nitrogens with one attached hydrogen (secondary N) is 1. The molecule has 1 aliphatic heterocycles. The fraction of sp³-hybridized carbons (Fsp3) is 0.412. The van der Waals surface area contributed by atoms with Gasteiger partial charge in [0.15, 0.2) is 11.2 Å². The van der Waals surface area contributed by atoms with Gasteiger partial charge in [-0.1, -0.05) is 24.8 Å². The van der Waals surface area contributed by atoms with Gasteiger partial charge in [0.05, 0.1) is 19.3 Å². The van der Waals surface area contributed by atoms with Crippen molar-refractivity contribution < 1.29 is 19.1 Å². The molecule has 1 aromatic rings. The third-order valence-corrected chi connectivity index (χ3v) is 4.14. The summed E-state index contributed by atoms with van der Waals surface area (Å²) in [6.07, 6.45) is -1.05. The summed E-state index contributed by atoms with van der Waals surface area (Å²) in [6.45, 7) is 7.36. The van der Waals surface area contributed by atoms with Crippen molar-refractivity contribution in [1.82, 2.24) is 0 Å². The highest BCUT2D eigenvalue weighted by Gasteiger charge is 2.54. The first-order valence-corrected chi connectivity index (χ1v) is 7.17. The van der Waals surface area contributed by atoms with Crippen LogP contribution in [-0.2, 0) is 19.1 Å². The summed E-state index contributed by atoms with van der Waals surface area (Å²) >= 11 is 0. The molecule has 0 unspecified atom stereocenters. The second kappa shape index (κ2) is 6.32. The Balaban J connectivity index is 2.23. The lowest BCUT2D eigenvalue weighted by atomic mass is 9.74. The molecule has 0 saturated carbocycles. The van der Waals surface area contributed by atoms with Gasteiger partial charge >= 0.3 is 5.97 Å². The van der Waals surface area contributed by atoms with Gasteiger partial charge in [-0.15, -0.1) is 0 Å². The van der Waals surface area contributed by atoms with Crippen LogP contribution in [-0.4, -0.2) is 37.6 Å². The van der Waals surface area contributed by atoms with E-state index < -0.39 is 23.6 Å². The molecule has 22 heavy (non-hydrogen) atoms. The molecular formula is C17H21NO4. The van der Waals surface area contributed by atoms with Crippen molar-refractivity contribution in [2.45, 2.75) is 26.1 Å². The van der Waals surface area contributed by atoms with Gasteiger partial charge in [-0.3, -0.25) is 9.59 Å². The predicted octanol–water partition coefficient (Wildman–Crippen LogP) is 2.19. The molecule has 1 saturated heterocycles. The number of anilines is 1. The summed E-state index contributed by atoms with van der Waals surface area (Å²) in [7, 11) is 1.27. The third-order valence-electron chi connectivity index (χ3n) is 4.14. The average molecular weight is 303 g/mol.